The van der Waals surface area contributed by atoms with Crippen molar-refractivity contribution >= 4 is 119 Å². The number of fused-ring (bicyclic) bond motifs is 6. The van der Waals surface area contributed by atoms with Crippen molar-refractivity contribution in [3.05, 3.63) is 221 Å². The number of aliphatic hydroxyl groups excluding tert-OH is 3. The fourth-order valence-electron chi connectivity index (χ4n) is 18.2. The number of carboxylic acid groups (broad SMARTS) is 1. The number of phenols is 1. The molecule has 135 heavy (non-hydrogen) atoms. The van der Waals surface area contributed by atoms with Crippen LogP contribution in [0.1, 0.15) is 150 Å². The molecule has 1 aliphatic heterocycles. The first-order chi connectivity index (χ1) is 64.2. The third-order valence-electron chi connectivity index (χ3n) is 25.4. The van der Waals surface area contributed by atoms with Crippen LogP contribution in [0.3, 0.4) is 0 Å². The molecule has 7 amide bonds. The predicted molar refractivity (Wildman–Crippen MR) is 491 cm³/mol. The number of carboxylic acids is 1. The van der Waals surface area contributed by atoms with E-state index in [9.17, 15) is 83.4 Å². The maximum absolute atomic E-state index is 16.3. The Kier molecular flexibility index (Phi) is 34.9. The minimum absolute atomic E-state index is 0.0236. The van der Waals surface area contributed by atoms with Crippen LogP contribution in [-0.4, -0.2) is 240 Å². The summed E-state index contributed by atoms with van der Waals surface area (Å²) in [5.41, 5.74) is 0.403. The molecule has 1 aromatic heterocycles. The average molecular weight is 1900 g/mol. The molecule has 0 radical (unpaired) electrons. The number of aliphatic hydroxyl groups is 4. The van der Waals surface area contributed by atoms with Gasteiger partial charge in [-0.3, -0.25) is 57.5 Å². The van der Waals surface area contributed by atoms with Gasteiger partial charge in [-0.25, -0.2) is 9.59 Å². The lowest BCUT2D eigenvalue weighted by molar-refractivity contribution is -0.342. The van der Waals surface area contributed by atoms with Crippen molar-refractivity contribution in [2.75, 3.05) is 24.7 Å². The maximum Gasteiger partial charge on any atom is 0.350 e. The van der Waals surface area contributed by atoms with Crippen LogP contribution in [0.5, 0.6) is 5.75 Å². The van der Waals surface area contributed by atoms with E-state index >= 15 is 14.4 Å². The topological polar surface area (TPSA) is 551 Å². The van der Waals surface area contributed by atoms with Gasteiger partial charge in [0, 0.05) is 116 Å². The van der Waals surface area contributed by atoms with E-state index in [2.05, 4.69) is 67.5 Å². The Hall–Kier alpha value is -12.4. The van der Waals surface area contributed by atoms with E-state index in [1.807, 2.05) is 0 Å². The van der Waals surface area contributed by atoms with Gasteiger partial charge in [-0.1, -0.05) is 153 Å². The number of aliphatic carboxylic acids is 1. The van der Waals surface area contributed by atoms with Crippen LogP contribution in [-0.2, 0) is 115 Å². The number of aromatic nitrogens is 1. The Bertz CT molecular complexity index is 5460. The zero-order valence-electron chi connectivity index (χ0n) is 75.4. The average Bonchev–Trinajstić information content (AvgIpc) is 1.64. The van der Waals surface area contributed by atoms with Crippen LogP contribution in [0, 0.1) is 16.7 Å². The number of H-pyrrole nitrogens is 1. The lowest BCUT2D eigenvalue weighted by atomic mass is 9.52. The van der Waals surface area contributed by atoms with Gasteiger partial charge < -0.3 is 112 Å². The highest BCUT2D eigenvalue weighted by molar-refractivity contribution is 7.80. The number of para-hydroxylation sites is 1. The highest BCUT2D eigenvalue weighted by atomic mass is 32.1. The van der Waals surface area contributed by atoms with Crippen LogP contribution in [0.25, 0.3) is 10.9 Å². The number of amides is 7. The summed E-state index contributed by atoms with van der Waals surface area (Å²) in [5, 5.41) is 87.4. The Balaban J connectivity index is 0.845. The zero-order chi connectivity index (χ0) is 98.0. The molecule has 3 unspecified atom stereocenters. The largest absolute Gasteiger partial charge is 0.508 e. The van der Waals surface area contributed by atoms with Gasteiger partial charge in [0.25, 0.3) is 11.8 Å². The van der Waals surface area contributed by atoms with Crippen molar-refractivity contribution in [3.63, 3.8) is 0 Å². The number of aromatic hydroxyl groups is 1. The first-order valence-corrected chi connectivity index (χ1v) is 45.6. The molecule has 11 rings (SSSR count). The van der Waals surface area contributed by atoms with E-state index in [1.165, 1.54) is 62.4 Å². The van der Waals surface area contributed by atoms with E-state index in [0.717, 1.165) is 20.8 Å². The van der Waals surface area contributed by atoms with E-state index in [0.29, 0.717) is 27.6 Å². The van der Waals surface area contributed by atoms with E-state index in [1.54, 1.807) is 141 Å². The van der Waals surface area contributed by atoms with Gasteiger partial charge >= 0.3 is 35.8 Å². The summed E-state index contributed by atoms with van der Waals surface area (Å²) in [6.07, 6.45) is -17.7. The number of nitrogens with two attached hydrogens (primary N) is 1. The number of carbonyl (C=O) groups excluding carboxylic acids is 13. The molecule has 0 spiro atoms. The lowest BCUT2D eigenvalue weighted by Crippen LogP contribution is -2.77. The molecule has 722 valence electrons. The van der Waals surface area contributed by atoms with E-state index < -0.39 is 246 Å². The number of Topliss-reactive ketones (excluding diaryl/α,β-unsaturated/α-hetero) is 1. The number of nitrogens with one attached hydrogen (secondary N) is 8. The van der Waals surface area contributed by atoms with Crippen molar-refractivity contribution in [1.82, 2.24) is 42.2 Å². The van der Waals surface area contributed by atoms with Crippen molar-refractivity contribution in [3.8, 4) is 5.75 Å². The maximum atomic E-state index is 16.3. The van der Waals surface area contributed by atoms with Crippen molar-refractivity contribution in [1.29, 1.82) is 0 Å². The standard InChI is InChI=1S/C97H115N9O27S2/c1-52-71(46-96(126)47-72(131-92(124)60-30-18-11-19-31-60)82-95(7,73(111)45-74-97(82,51-127-74)133-55(4)109)83(114)80(128-54(3)108)77(52)94(96,5)6)130-93(125)81(79(58-26-14-9-15-27-58)106-84(115)59-28-16-10-17-29-59)132-76(113)36-22-35-75(112)129-70(43-56-24-12-8-13-25-56)90(121)104-68(49-134)88(119)101-66(42-57-37-39-62(110)40-38-57)86(117)102-67(44-61-48-99-64-33-21-20-32-63(61)64)87(118)100-65(34-23-41-98)85(116)103-69(50-135)89(120)105-78(53(2)107)91(122)123/h8-21,24-33,37-40,48,53,65-74,78-82,92,99,107,110-111,124,126,134-135H,22-23,34-36,41-47,49-51,98H2,1-7H3,(H,100,118)(H,101,119)(H,102,117)(H,103,116)(H,104,121)(H,105,120)(H,106,115)(H,122,123)/t53-,65+,66+,67+,68+,69+,70+,71+,72?,73+,74-,78+,79-,80-,81-,82?,92?,95-,96-,97+/m1/s1. The third kappa shape index (κ3) is 24.7. The Morgan fingerprint density at radius 3 is 1.72 bits per heavy atom. The van der Waals surface area contributed by atoms with Crippen LogP contribution in [0.2, 0.25) is 0 Å². The third-order valence-corrected chi connectivity index (χ3v) is 26.2. The number of ether oxygens (including phenoxy) is 7. The summed E-state index contributed by atoms with van der Waals surface area (Å²) in [6, 6.07) is 33.4. The molecule has 2 bridgehead atoms. The van der Waals surface area contributed by atoms with Gasteiger partial charge in [0.05, 0.1) is 35.9 Å². The van der Waals surface area contributed by atoms with Crippen molar-refractivity contribution < 1.29 is 131 Å². The molecule has 6 aromatic carbocycles. The summed E-state index contributed by atoms with van der Waals surface area (Å²) in [4.78, 5) is 205. The Labute approximate surface area is 789 Å². The van der Waals surface area contributed by atoms with Gasteiger partial charge in [0.1, 0.15) is 54.2 Å². The first kappa shape index (κ1) is 103. The van der Waals surface area contributed by atoms with Gasteiger partial charge in [0.15, 0.2) is 35.9 Å². The summed E-state index contributed by atoms with van der Waals surface area (Å²) in [5.74, 6) is -17.1. The van der Waals surface area contributed by atoms with Crippen LogP contribution >= 0.6 is 25.3 Å². The molecule has 2 saturated carbocycles. The SMILES string of the molecule is CC(=O)O[C@H]1C(=O)[C@@]2(C)C(C(OC(O)c3ccccc3)C[C@]3(O)C[C@H](OC(=O)[C@H](OC(=O)CCCC(=O)O[C@@H](Cc4ccccc4)C(=O)N[C@@H](CS)C(=O)N[C@@H](Cc4ccc(O)cc4)C(=O)N[C@@H](Cc4c[nH]c5ccccc45)C(=O)N[C@@H](CCCN)C(=O)N[C@@H](CS)C(=O)N[C@H](C(=O)O)[C@@H](C)O)[C@H](NC(=O)c4ccccc4)c4ccccc4)C(C)=C1C3(C)C)[C@]1(OC(C)=O)CO[C@@H]1C[C@@H]2O. The molecule has 7 aromatic rings. The van der Waals surface area contributed by atoms with Gasteiger partial charge in [0.2, 0.25) is 35.6 Å². The van der Waals surface area contributed by atoms with Gasteiger partial charge in [-0.15, -0.1) is 0 Å². The number of rotatable bonds is 42. The highest BCUT2D eigenvalue weighted by Gasteiger charge is 2.75. The summed E-state index contributed by atoms with van der Waals surface area (Å²) >= 11 is 8.62. The number of esters is 5. The molecular formula is C97H115N9O27S2. The Morgan fingerprint density at radius 1 is 0.607 bits per heavy atom. The summed E-state index contributed by atoms with van der Waals surface area (Å²) in [6.45, 7) is 8.99. The molecular weight excluding hydrogens is 1790 g/mol. The molecule has 3 aliphatic carbocycles. The van der Waals surface area contributed by atoms with E-state index in [-0.39, 0.29) is 91.0 Å². The molecule has 3 fully saturated rings. The fourth-order valence-corrected chi connectivity index (χ4v) is 18.7. The summed E-state index contributed by atoms with van der Waals surface area (Å²) < 4.78 is 43.6. The molecule has 20 atom stereocenters. The number of phenolic OH excluding ortho intramolecular Hbond substituents is 1. The highest BCUT2D eigenvalue weighted by Crippen LogP contribution is 2.63. The van der Waals surface area contributed by atoms with Crippen molar-refractivity contribution in [2.45, 2.75) is 228 Å². The second-order valence-electron chi connectivity index (χ2n) is 35.0. The normalized spacial score (nSPS) is 22.9. The smallest absolute Gasteiger partial charge is 0.350 e. The molecule has 4 aliphatic rings. The van der Waals surface area contributed by atoms with E-state index in [4.69, 9.17) is 38.9 Å². The van der Waals surface area contributed by atoms with Crippen LogP contribution in [0.15, 0.2) is 187 Å². The van der Waals surface area contributed by atoms with Crippen LogP contribution in [0.4, 0.5) is 0 Å². The molecule has 1 saturated heterocycles. The quantitative estimate of drug-likeness (QED) is 0.00823. The summed E-state index contributed by atoms with van der Waals surface area (Å²) in [7, 11) is 0. The lowest BCUT2D eigenvalue weighted by Gasteiger charge is -2.63. The van der Waals surface area contributed by atoms with Crippen molar-refractivity contribution in [2.24, 2.45) is 22.5 Å². The number of thiol groups is 2. The predicted octanol–water partition coefficient (Wildman–Crippen LogP) is 4.50. The number of ketones is 1. The second kappa shape index (κ2) is 45.8. The van der Waals surface area contributed by atoms with Crippen LogP contribution < -0.4 is 43.0 Å². The monoisotopic (exact) mass is 1900 g/mol. The van der Waals surface area contributed by atoms with Gasteiger partial charge in [-0.05, 0) is 110 Å². The van der Waals surface area contributed by atoms with Gasteiger partial charge in [-0.2, -0.15) is 25.3 Å². The number of hydrogen-bond acceptors (Lipinski definition) is 29. The minimum Gasteiger partial charge on any atom is -0.508 e. The number of hydrogen-bond donors (Lipinski definition) is 17. The number of benzene rings is 6. The number of carbonyl (C=O) groups is 14. The number of aromatic amines is 1. The second-order valence-corrected chi connectivity index (χ2v) is 35.7. The molecule has 16 N–H and O–H groups in total. The zero-order valence-corrected chi connectivity index (χ0v) is 77.2. The first-order valence-electron chi connectivity index (χ1n) is 44.3. The minimum atomic E-state index is -2.30. The molecule has 2 heterocycles. The molecule has 36 nitrogen and oxygen atoms in total. The Morgan fingerprint density at radius 2 is 1.14 bits per heavy atom. The fraction of sp³-hybridized carbons (Fsp3) is 0.443. The molecule has 38 heteroatoms.